The molecule has 0 radical (unpaired) electrons. The molecule has 0 atom stereocenters. The lowest BCUT2D eigenvalue weighted by molar-refractivity contribution is -0.137. The third-order valence-corrected chi connectivity index (χ3v) is 4.11. The number of pyridine rings is 1. The summed E-state index contributed by atoms with van der Waals surface area (Å²) in [6, 6.07) is 5.46. The van der Waals surface area contributed by atoms with Crippen molar-refractivity contribution in [2.45, 2.75) is 44.0 Å². The number of aromatic nitrogens is 1. The van der Waals surface area contributed by atoms with Crippen LogP contribution in [0.15, 0.2) is 41.1 Å². The van der Waals surface area contributed by atoms with Crippen molar-refractivity contribution >= 4 is 5.91 Å². The molecule has 25 heavy (non-hydrogen) atoms. The Hall–Kier alpha value is -2.51. The van der Waals surface area contributed by atoms with Crippen molar-refractivity contribution < 1.29 is 27.1 Å². The normalized spacial score (nSPS) is 20.9. The Labute approximate surface area is 142 Å². The van der Waals surface area contributed by atoms with Gasteiger partial charge in [-0.15, -0.1) is 0 Å². The van der Waals surface area contributed by atoms with Gasteiger partial charge in [0.15, 0.2) is 5.76 Å². The number of nitrogens with zero attached hydrogens (tertiary/aromatic N) is 1. The third kappa shape index (κ3) is 4.52. The van der Waals surface area contributed by atoms with Crippen LogP contribution in [-0.4, -0.2) is 23.0 Å². The molecule has 3 rings (SSSR count). The number of amides is 1. The topological polar surface area (TPSA) is 64.4 Å². The van der Waals surface area contributed by atoms with Crippen molar-refractivity contribution in [2.75, 3.05) is 0 Å². The molecule has 1 N–H and O–H groups in total. The Bertz CT molecular complexity index is 691. The van der Waals surface area contributed by atoms with E-state index in [1.807, 2.05) is 0 Å². The number of rotatable bonds is 4. The molecule has 2 aromatic heterocycles. The Morgan fingerprint density at radius 1 is 1.20 bits per heavy atom. The van der Waals surface area contributed by atoms with Crippen LogP contribution in [0, 0.1) is 0 Å². The monoisotopic (exact) mass is 354 g/mol. The van der Waals surface area contributed by atoms with Crippen molar-refractivity contribution in [3.63, 3.8) is 0 Å². The Morgan fingerprint density at radius 2 is 1.96 bits per heavy atom. The van der Waals surface area contributed by atoms with Crippen LogP contribution in [0.25, 0.3) is 0 Å². The summed E-state index contributed by atoms with van der Waals surface area (Å²) in [5.74, 6) is 0.196. The lowest BCUT2D eigenvalue weighted by atomic mass is 9.93. The summed E-state index contributed by atoms with van der Waals surface area (Å²) in [5.41, 5.74) is -0.802. The fourth-order valence-electron chi connectivity index (χ4n) is 2.78. The van der Waals surface area contributed by atoms with Gasteiger partial charge < -0.3 is 14.5 Å². The van der Waals surface area contributed by atoms with Crippen LogP contribution in [0.2, 0.25) is 0 Å². The van der Waals surface area contributed by atoms with Crippen LogP contribution in [0.5, 0.6) is 5.88 Å². The quantitative estimate of drug-likeness (QED) is 0.907. The number of hydrogen-bond acceptors (Lipinski definition) is 4. The highest BCUT2D eigenvalue weighted by Crippen LogP contribution is 2.30. The highest BCUT2D eigenvalue weighted by molar-refractivity contribution is 5.91. The summed E-state index contributed by atoms with van der Waals surface area (Å²) < 4.78 is 48.2. The zero-order valence-electron chi connectivity index (χ0n) is 13.3. The molecule has 8 heteroatoms. The number of nitrogens with one attached hydrogen (secondary N) is 1. The second kappa shape index (κ2) is 7.16. The van der Waals surface area contributed by atoms with E-state index in [1.54, 1.807) is 12.1 Å². The molecular weight excluding hydrogens is 337 g/mol. The molecule has 1 saturated carbocycles. The van der Waals surface area contributed by atoms with Crippen molar-refractivity contribution in [3.05, 3.63) is 48.0 Å². The van der Waals surface area contributed by atoms with E-state index in [4.69, 9.17) is 9.15 Å². The highest BCUT2D eigenvalue weighted by atomic mass is 19.4. The van der Waals surface area contributed by atoms with E-state index in [-0.39, 0.29) is 29.7 Å². The van der Waals surface area contributed by atoms with E-state index in [0.717, 1.165) is 25.1 Å². The van der Waals surface area contributed by atoms with Gasteiger partial charge in [0.2, 0.25) is 5.88 Å². The number of hydrogen-bond donors (Lipinski definition) is 1. The maximum Gasteiger partial charge on any atom is 0.417 e. The smallest absolute Gasteiger partial charge is 0.417 e. The molecule has 1 aliphatic rings. The number of furan rings is 1. The van der Waals surface area contributed by atoms with Crippen LogP contribution in [0.1, 0.15) is 41.8 Å². The first kappa shape index (κ1) is 17.3. The van der Waals surface area contributed by atoms with Crippen molar-refractivity contribution in [1.82, 2.24) is 10.3 Å². The minimum absolute atomic E-state index is 0.0259. The molecule has 1 aliphatic carbocycles. The number of ether oxygens (including phenoxy) is 1. The van der Waals surface area contributed by atoms with Gasteiger partial charge >= 0.3 is 6.18 Å². The van der Waals surface area contributed by atoms with E-state index < -0.39 is 11.7 Å². The van der Waals surface area contributed by atoms with Gasteiger partial charge in [-0.05, 0) is 43.9 Å². The molecule has 0 spiro atoms. The standard InChI is InChI=1S/C17H17F3N2O3/c18-17(19,20)11-3-8-15(21-10-11)25-13-6-4-12(5-7-13)22-16(23)14-2-1-9-24-14/h1-3,8-10,12-13H,4-7H2,(H,22,23). The molecule has 0 aliphatic heterocycles. The third-order valence-electron chi connectivity index (χ3n) is 4.11. The van der Waals surface area contributed by atoms with Crippen LogP contribution in [0.4, 0.5) is 13.2 Å². The predicted molar refractivity (Wildman–Crippen MR) is 82.1 cm³/mol. The van der Waals surface area contributed by atoms with Crippen LogP contribution < -0.4 is 10.1 Å². The molecular formula is C17H17F3N2O3. The van der Waals surface area contributed by atoms with Crippen molar-refractivity contribution in [1.29, 1.82) is 0 Å². The molecule has 2 heterocycles. The van der Waals surface area contributed by atoms with Crippen molar-refractivity contribution in [2.24, 2.45) is 0 Å². The molecule has 5 nitrogen and oxygen atoms in total. The first-order chi connectivity index (χ1) is 11.9. The maximum atomic E-state index is 12.5. The second-order valence-electron chi connectivity index (χ2n) is 5.93. The minimum Gasteiger partial charge on any atom is -0.474 e. The van der Waals surface area contributed by atoms with Crippen molar-refractivity contribution in [3.8, 4) is 5.88 Å². The molecule has 0 aromatic carbocycles. The summed E-state index contributed by atoms with van der Waals surface area (Å²) in [6.45, 7) is 0. The average molecular weight is 354 g/mol. The van der Waals surface area contributed by atoms with E-state index in [9.17, 15) is 18.0 Å². The molecule has 2 aromatic rings. The maximum absolute atomic E-state index is 12.5. The second-order valence-corrected chi connectivity index (χ2v) is 5.93. The van der Waals surface area contributed by atoms with Gasteiger partial charge in [0.25, 0.3) is 5.91 Å². The van der Waals surface area contributed by atoms with Gasteiger partial charge in [0, 0.05) is 18.3 Å². The first-order valence-electron chi connectivity index (χ1n) is 7.96. The van der Waals surface area contributed by atoms with E-state index in [1.165, 1.54) is 12.3 Å². The van der Waals surface area contributed by atoms with Gasteiger partial charge in [-0.1, -0.05) is 0 Å². The summed E-state index contributed by atoms with van der Waals surface area (Å²) in [6.07, 6.45) is 0.491. The lowest BCUT2D eigenvalue weighted by Gasteiger charge is -2.29. The zero-order chi connectivity index (χ0) is 17.9. The molecule has 134 valence electrons. The minimum atomic E-state index is -4.41. The molecule has 0 unspecified atom stereocenters. The fourth-order valence-corrected chi connectivity index (χ4v) is 2.78. The van der Waals surface area contributed by atoms with E-state index in [0.29, 0.717) is 12.8 Å². The summed E-state index contributed by atoms with van der Waals surface area (Å²) in [7, 11) is 0. The van der Waals surface area contributed by atoms with Gasteiger partial charge in [-0.25, -0.2) is 4.98 Å². The fraction of sp³-hybridized carbons (Fsp3) is 0.412. The highest BCUT2D eigenvalue weighted by Gasteiger charge is 2.31. The van der Waals surface area contributed by atoms with Gasteiger partial charge in [0.05, 0.1) is 11.8 Å². The lowest BCUT2D eigenvalue weighted by Crippen LogP contribution is -2.39. The summed E-state index contributed by atoms with van der Waals surface area (Å²) >= 11 is 0. The Morgan fingerprint density at radius 3 is 2.52 bits per heavy atom. The molecule has 1 amide bonds. The van der Waals surface area contributed by atoms with Gasteiger partial charge in [-0.3, -0.25) is 4.79 Å². The van der Waals surface area contributed by atoms with Crippen LogP contribution >= 0.6 is 0 Å². The van der Waals surface area contributed by atoms with E-state index >= 15 is 0 Å². The number of halogens is 3. The van der Waals surface area contributed by atoms with E-state index in [2.05, 4.69) is 10.3 Å². The average Bonchev–Trinajstić information content (AvgIpc) is 3.11. The number of alkyl halides is 3. The largest absolute Gasteiger partial charge is 0.474 e. The SMILES string of the molecule is O=C(NC1CCC(Oc2ccc(C(F)(F)F)cn2)CC1)c1ccco1. The predicted octanol–water partition coefficient (Wildman–Crippen LogP) is 3.81. The number of carbonyl (C=O) groups is 1. The van der Waals surface area contributed by atoms with Crippen LogP contribution in [-0.2, 0) is 6.18 Å². The Balaban J connectivity index is 1.47. The molecule has 1 fully saturated rings. The molecule has 0 bridgehead atoms. The summed E-state index contributed by atoms with van der Waals surface area (Å²) in [4.78, 5) is 15.6. The molecule has 0 saturated heterocycles. The van der Waals surface area contributed by atoms with Gasteiger partial charge in [-0.2, -0.15) is 13.2 Å². The van der Waals surface area contributed by atoms with Crippen LogP contribution in [0.3, 0.4) is 0 Å². The zero-order valence-corrected chi connectivity index (χ0v) is 13.3. The Kier molecular flexibility index (Phi) is 4.96. The van der Waals surface area contributed by atoms with Gasteiger partial charge in [0.1, 0.15) is 6.10 Å². The first-order valence-corrected chi connectivity index (χ1v) is 7.96. The number of carbonyl (C=O) groups excluding carboxylic acids is 1. The summed E-state index contributed by atoms with van der Waals surface area (Å²) in [5, 5.41) is 2.90.